The molecule has 5 heteroatoms. The number of aromatic nitrogens is 1. The highest BCUT2D eigenvalue weighted by molar-refractivity contribution is 7.80. The molecule has 0 atom stereocenters. The van der Waals surface area contributed by atoms with Crippen molar-refractivity contribution >= 4 is 28.6 Å². The lowest BCUT2D eigenvalue weighted by atomic mass is 10.1. The van der Waals surface area contributed by atoms with E-state index in [2.05, 4.69) is 10.3 Å². The van der Waals surface area contributed by atoms with Gasteiger partial charge in [-0.3, -0.25) is 0 Å². The van der Waals surface area contributed by atoms with Gasteiger partial charge in [0.1, 0.15) is 4.99 Å². The summed E-state index contributed by atoms with van der Waals surface area (Å²) < 4.78 is 5.32. The highest BCUT2D eigenvalue weighted by Gasteiger charge is 2.08. The maximum absolute atomic E-state index is 5.76. The fourth-order valence-corrected chi connectivity index (χ4v) is 2.04. The van der Waals surface area contributed by atoms with Crippen LogP contribution in [0.1, 0.15) is 18.1 Å². The Balaban J connectivity index is 2.27. The van der Waals surface area contributed by atoms with Crippen molar-refractivity contribution in [3.05, 3.63) is 47.7 Å². The van der Waals surface area contributed by atoms with Gasteiger partial charge in [-0.05, 0) is 31.5 Å². The van der Waals surface area contributed by atoms with Crippen LogP contribution in [0.4, 0.5) is 11.4 Å². The highest BCUT2D eigenvalue weighted by atomic mass is 32.1. The quantitative estimate of drug-likeness (QED) is 0.827. The predicted octanol–water partition coefficient (Wildman–Crippen LogP) is 3.17. The van der Waals surface area contributed by atoms with Crippen LogP contribution in [-0.2, 0) is 0 Å². The summed E-state index contributed by atoms with van der Waals surface area (Å²) in [5.41, 5.74) is 9.43. The summed E-state index contributed by atoms with van der Waals surface area (Å²) in [7, 11) is 0. The number of nitrogens with two attached hydrogens (primary N) is 1. The third-order valence-corrected chi connectivity index (χ3v) is 3.06. The molecule has 104 valence electrons. The van der Waals surface area contributed by atoms with Gasteiger partial charge in [0.2, 0.25) is 5.88 Å². The molecule has 0 aliphatic rings. The fraction of sp³-hybridized carbons (Fsp3) is 0.200. The number of anilines is 2. The van der Waals surface area contributed by atoms with Gasteiger partial charge in [-0.1, -0.05) is 24.4 Å². The van der Waals surface area contributed by atoms with Gasteiger partial charge in [-0.15, -0.1) is 0 Å². The Morgan fingerprint density at radius 2 is 2.15 bits per heavy atom. The molecule has 20 heavy (non-hydrogen) atoms. The van der Waals surface area contributed by atoms with Gasteiger partial charge >= 0.3 is 0 Å². The zero-order valence-electron chi connectivity index (χ0n) is 11.5. The van der Waals surface area contributed by atoms with Gasteiger partial charge in [0.05, 0.1) is 24.2 Å². The number of pyridine rings is 1. The number of nitrogens with zero attached hydrogens (tertiary/aromatic N) is 1. The third kappa shape index (κ3) is 3.24. The molecule has 0 unspecified atom stereocenters. The minimum Gasteiger partial charge on any atom is -0.478 e. The number of rotatable bonds is 5. The number of ether oxygens (including phenoxy) is 1. The number of hydrogen-bond donors (Lipinski definition) is 2. The summed E-state index contributed by atoms with van der Waals surface area (Å²) in [6.45, 7) is 4.53. The molecule has 3 N–H and O–H groups in total. The van der Waals surface area contributed by atoms with E-state index in [0.717, 1.165) is 22.5 Å². The lowest BCUT2D eigenvalue weighted by Crippen LogP contribution is -2.12. The molecule has 0 aliphatic heterocycles. The van der Waals surface area contributed by atoms with Crippen molar-refractivity contribution in [2.24, 2.45) is 5.73 Å². The van der Waals surface area contributed by atoms with Gasteiger partial charge in [0.25, 0.3) is 0 Å². The summed E-state index contributed by atoms with van der Waals surface area (Å²) >= 11 is 5.08. The van der Waals surface area contributed by atoms with Crippen LogP contribution in [0.5, 0.6) is 5.88 Å². The summed E-state index contributed by atoms with van der Waals surface area (Å²) in [4.78, 5) is 4.59. The van der Waals surface area contributed by atoms with Crippen LogP contribution in [0.25, 0.3) is 0 Å². The Bertz CT molecular complexity index is 611. The predicted molar refractivity (Wildman–Crippen MR) is 85.8 cm³/mol. The second kappa shape index (κ2) is 6.34. The summed E-state index contributed by atoms with van der Waals surface area (Å²) in [6, 6.07) is 9.58. The Hall–Kier alpha value is -2.14. The topological polar surface area (TPSA) is 60.2 Å². The summed E-state index contributed by atoms with van der Waals surface area (Å²) in [5.74, 6) is 0.609. The molecule has 1 aromatic heterocycles. The third-order valence-electron chi connectivity index (χ3n) is 2.84. The van der Waals surface area contributed by atoms with Crippen molar-refractivity contribution in [1.29, 1.82) is 0 Å². The normalized spacial score (nSPS) is 10.1. The molecule has 0 fully saturated rings. The van der Waals surface area contributed by atoms with Crippen molar-refractivity contribution in [1.82, 2.24) is 4.98 Å². The van der Waals surface area contributed by atoms with Crippen LogP contribution in [0.2, 0.25) is 0 Å². The van der Waals surface area contributed by atoms with Crippen LogP contribution < -0.4 is 15.8 Å². The molecule has 0 radical (unpaired) electrons. The van der Waals surface area contributed by atoms with Crippen LogP contribution in [0, 0.1) is 6.92 Å². The lowest BCUT2D eigenvalue weighted by molar-refractivity contribution is 0.327. The first-order valence-corrected chi connectivity index (χ1v) is 6.78. The Morgan fingerprint density at radius 1 is 1.35 bits per heavy atom. The maximum atomic E-state index is 5.76. The SMILES string of the molecule is CCOc1ccc(Nc2c(C)cccc2C(N)=S)cn1. The molecule has 1 aromatic carbocycles. The van der Waals surface area contributed by atoms with Crippen LogP contribution in [0.15, 0.2) is 36.5 Å². The average Bonchev–Trinajstić information content (AvgIpc) is 2.43. The smallest absolute Gasteiger partial charge is 0.213 e. The molecule has 4 nitrogen and oxygen atoms in total. The second-order valence-corrected chi connectivity index (χ2v) is 4.74. The number of thiocarbonyl (C=S) groups is 1. The molecular formula is C15H17N3OS. The first-order chi connectivity index (χ1) is 9.61. The van der Waals surface area contributed by atoms with Crippen LogP contribution in [-0.4, -0.2) is 16.6 Å². The molecule has 2 rings (SSSR count). The molecule has 0 spiro atoms. The summed E-state index contributed by atoms with van der Waals surface area (Å²) in [6.07, 6.45) is 1.72. The van der Waals surface area contributed by atoms with E-state index >= 15 is 0 Å². The van der Waals surface area contributed by atoms with Gasteiger partial charge in [-0.2, -0.15) is 0 Å². The number of benzene rings is 1. The number of nitrogens with one attached hydrogen (secondary N) is 1. The van der Waals surface area contributed by atoms with Gasteiger partial charge < -0.3 is 15.8 Å². The Labute approximate surface area is 124 Å². The maximum Gasteiger partial charge on any atom is 0.213 e. The lowest BCUT2D eigenvalue weighted by Gasteiger charge is -2.14. The van der Waals surface area contributed by atoms with E-state index < -0.39 is 0 Å². The zero-order chi connectivity index (χ0) is 14.5. The van der Waals surface area contributed by atoms with Gasteiger partial charge in [-0.25, -0.2) is 4.98 Å². The first-order valence-electron chi connectivity index (χ1n) is 6.37. The molecule has 2 aromatic rings. The van der Waals surface area contributed by atoms with E-state index in [9.17, 15) is 0 Å². The molecule has 0 aliphatic carbocycles. The van der Waals surface area contributed by atoms with Crippen molar-refractivity contribution < 1.29 is 4.74 Å². The first kappa shape index (κ1) is 14.3. The highest BCUT2D eigenvalue weighted by Crippen LogP contribution is 2.25. The number of aryl methyl sites for hydroxylation is 1. The fourth-order valence-electron chi connectivity index (χ4n) is 1.87. The largest absolute Gasteiger partial charge is 0.478 e. The monoisotopic (exact) mass is 287 g/mol. The van der Waals surface area contributed by atoms with E-state index in [-0.39, 0.29) is 0 Å². The molecule has 0 bridgehead atoms. The van der Waals surface area contributed by atoms with Crippen molar-refractivity contribution in [2.45, 2.75) is 13.8 Å². The zero-order valence-corrected chi connectivity index (χ0v) is 12.3. The van der Waals surface area contributed by atoms with Crippen molar-refractivity contribution in [3.63, 3.8) is 0 Å². The van der Waals surface area contributed by atoms with E-state index in [1.807, 2.05) is 44.2 Å². The molecule has 0 saturated heterocycles. The molecular weight excluding hydrogens is 270 g/mol. The molecule has 1 heterocycles. The van der Waals surface area contributed by atoms with Gasteiger partial charge in [0, 0.05) is 11.6 Å². The molecule has 0 amide bonds. The van der Waals surface area contributed by atoms with E-state index in [0.29, 0.717) is 17.5 Å². The summed E-state index contributed by atoms with van der Waals surface area (Å²) in [5, 5.41) is 3.31. The Morgan fingerprint density at radius 3 is 2.75 bits per heavy atom. The van der Waals surface area contributed by atoms with Crippen molar-refractivity contribution in [3.8, 4) is 5.88 Å². The number of para-hydroxylation sites is 1. The minimum atomic E-state index is 0.370. The van der Waals surface area contributed by atoms with Crippen LogP contribution >= 0.6 is 12.2 Å². The van der Waals surface area contributed by atoms with Crippen molar-refractivity contribution in [2.75, 3.05) is 11.9 Å². The standard InChI is InChI=1S/C15H17N3OS/c1-3-19-13-8-7-11(9-17-13)18-14-10(2)5-4-6-12(14)15(16)20/h4-9,18H,3H2,1-2H3,(H2,16,20). The average molecular weight is 287 g/mol. The van der Waals surface area contributed by atoms with E-state index in [1.165, 1.54) is 0 Å². The van der Waals surface area contributed by atoms with Crippen LogP contribution in [0.3, 0.4) is 0 Å². The van der Waals surface area contributed by atoms with E-state index in [4.69, 9.17) is 22.7 Å². The minimum absolute atomic E-state index is 0.370. The number of hydrogen-bond acceptors (Lipinski definition) is 4. The molecule has 0 saturated carbocycles. The Kier molecular flexibility index (Phi) is 4.53. The van der Waals surface area contributed by atoms with E-state index in [1.54, 1.807) is 6.20 Å². The second-order valence-electron chi connectivity index (χ2n) is 4.30. The van der Waals surface area contributed by atoms with Gasteiger partial charge in [0.15, 0.2) is 0 Å².